The van der Waals surface area contributed by atoms with Crippen LogP contribution in [0.15, 0.2) is 0 Å². The van der Waals surface area contributed by atoms with Gasteiger partial charge in [0.25, 0.3) is 0 Å². The molecule has 0 amide bonds. The van der Waals surface area contributed by atoms with Crippen LogP contribution in [-0.4, -0.2) is 16.2 Å². The van der Waals surface area contributed by atoms with E-state index in [1.165, 1.54) is 16.7 Å². The molecule has 1 rings (SSSR count). The van der Waals surface area contributed by atoms with Gasteiger partial charge in [-0.15, -0.1) is 0 Å². The van der Waals surface area contributed by atoms with Crippen molar-refractivity contribution in [2.75, 3.05) is 0 Å². The molecule has 1 atom stereocenters. The molecule has 0 bridgehead atoms. The molecule has 2 N–H and O–H groups in total. The monoisotopic (exact) mass is 278 g/mol. The van der Waals surface area contributed by atoms with Gasteiger partial charge in [0.05, 0.1) is 6.10 Å². The first-order valence-electron chi connectivity index (χ1n) is 7.24. The number of carboxylic acids is 1. The number of benzene rings is 1. The third-order valence-corrected chi connectivity index (χ3v) is 4.51. The van der Waals surface area contributed by atoms with Gasteiger partial charge < -0.3 is 10.2 Å². The molecule has 20 heavy (non-hydrogen) atoms. The summed E-state index contributed by atoms with van der Waals surface area (Å²) in [5, 5.41) is 19.1. The fraction of sp³-hybridized carbons (Fsp3) is 0.588. The number of aliphatic hydroxyl groups excluding tert-OH is 1. The maximum Gasteiger partial charge on any atom is 0.303 e. The summed E-state index contributed by atoms with van der Waals surface area (Å²) >= 11 is 0. The largest absolute Gasteiger partial charge is 0.481 e. The van der Waals surface area contributed by atoms with Gasteiger partial charge in [-0.3, -0.25) is 4.79 Å². The molecule has 0 spiro atoms. The zero-order valence-corrected chi connectivity index (χ0v) is 13.2. The number of carboxylic acid groups (broad SMARTS) is 1. The maximum atomic E-state index is 10.5. The topological polar surface area (TPSA) is 57.5 Å². The van der Waals surface area contributed by atoms with Crippen LogP contribution < -0.4 is 0 Å². The Morgan fingerprint density at radius 2 is 1.35 bits per heavy atom. The Hall–Kier alpha value is -1.35. The molecular weight excluding hydrogens is 252 g/mol. The van der Waals surface area contributed by atoms with Crippen molar-refractivity contribution in [3.63, 3.8) is 0 Å². The van der Waals surface area contributed by atoms with E-state index in [4.69, 9.17) is 5.11 Å². The first kappa shape index (κ1) is 16.7. The Morgan fingerprint density at radius 3 is 1.80 bits per heavy atom. The van der Waals surface area contributed by atoms with Gasteiger partial charge in [0.2, 0.25) is 0 Å². The lowest BCUT2D eigenvalue weighted by atomic mass is 9.86. The molecule has 1 unspecified atom stereocenters. The van der Waals surface area contributed by atoms with E-state index in [1.807, 2.05) is 0 Å². The summed E-state index contributed by atoms with van der Waals surface area (Å²) in [5.41, 5.74) is 7.13. The third kappa shape index (κ3) is 3.60. The van der Waals surface area contributed by atoms with Crippen LogP contribution in [-0.2, 0) is 4.79 Å². The first-order valence-corrected chi connectivity index (χ1v) is 7.24. The van der Waals surface area contributed by atoms with E-state index in [2.05, 4.69) is 34.6 Å². The lowest BCUT2D eigenvalue weighted by Gasteiger charge is -2.22. The van der Waals surface area contributed by atoms with Crippen molar-refractivity contribution in [2.24, 2.45) is 0 Å². The van der Waals surface area contributed by atoms with Gasteiger partial charge in [-0.2, -0.15) is 0 Å². The molecule has 0 radical (unpaired) electrons. The zero-order valence-electron chi connectivity index (χ0n) is 13.2. The molecule has 1 aromatic carbocycles. The second kappa shape index (κ2) is 6.89. The van der Waals surface area contributed by atoms with E-state index in [0.717, 1.165) is 23.1 Å². The van der Waals surface area contributed by atoms with Crippen molar-refractivity contribution in [3.05, 3.63) is 33.4 Å². The minimum absolute atomic E-state index is 0.177. The van der Waals surface area contributed by atoms with E-state index in [9.17, 15) is 9.90 Å². The summed E-state index contributed by atoms with van der Waals surface area (Å²) in [4.78, 5) is 10.5. The average molecular weight is 278 g/mol. The number of aliphatic carboxylic acids is 1. The number of rotatable bonds is 6. The van der Waals surface area contributed by atoms with Crippen molar-refractivity contribution in [1.82, 2.24) is 0 Å². The fourth-order valence-corrected chi connectivity index (χ4v) is 2.79. The van der Waals surface area contributed by atoms with Gasteiger partial charge in [-0.25, -0.2) is 0 Å². The first-order chi connectivity index (χ1) is 9.27. The van der Waals surface area contributed by atoms with E-state index in [-0.39, 0.29) is 6.42 Å². The van der Waals surface area contributed by atoms with Crippen molar-refractivity contribution in [2.45, 2.75) is 66.4 Å². The van der Waals surface area contributed by atoms with E-state index < -0.39 is 12.1 Å². The van der Waals surface area contributed by atoms with Crippen LogP contribution in [0.4, 0.5) is 0 Å². The smallest absolute Gasteiger partial charge is 0.303 e. The SMILES string of the molecule is Cc1c(C)c(C)c(C(O)CCCCC(=O)O)c(C)c1C. The van der Waals surface area contributed by atoms with Gasteiger partial charge in [-0.1, -0.05) is 0 Å². The van der Waals surface area contributed by atoms with Crippen LogP contribution in [0.25, 0.3) is 0 Å². The zero-order chi connectivity index (χ0) is 15.4. The van der Waals surface area contributed by atoms with Gasteiger partial charge in [0.15, 0.2) is 0 Å². The molecular formula is C17H26O3. The van der Waals surface area contributed by atoms with E-state index in [0.29, 0.717) is 12.8 Å². The molecule has 0 heterocycles. The minimum atomic E-state index is -0.770. The van der Waals surface area contributed by atoms with Crippen LogP contribution in [0.5, 0.6) is 0 Å². The van der Waals surface area contributed by atoms with Crippen molar-refractivity contribution in [3.8, 4) is 0 Å². The summed E-state index contributed by atoms with van der Waals surface area (Å²) < 4.78 is 0. The van der Waals surface area contributed by atoms with Crippen molar-refractivity contribution < 1.29 is 15.0 Å². The highest BCUT2D eigenvalue weighted by atomic mass is 16.4. The summed E-state index contributed by atoms with van der Waals surface area (Å²) in [5.74, 6) is -0.770. The van der Waals surface area contributed by atoms with Crippen molar-refractivity contribution >= 4 is 5.97 Å². The Morgan fingerprint density at radius 1 is 0.900 bits per heavy atom. The minimum Gasteiger partial charge on any atom is -0.481 e. The molecule has 0 fully saturated rings. The molecule has 0 aliphatic heterocycles. The number of hydrogen-bond acceptors (Lipinski definition) is 2. The molecule has 0 saturated heterocycles. The quantitative estimate of drug-likeness (QED) is 0.776. The lowest BCUT2D eigenvalue weighted by Crippen LogP contribution is -2.08. The van der Waals surface area contributed by atoms with Crippen molar-refractivity contribution in [1.29, 1.82) is 0 Å². The lowest BCUT2D eigenvalue weighted by molar-refractivity contribution is -0.137. The Labute approximate surface area is 121 Å². The highest BCUT2D eigenvalue weighted by Crippen LogP contribution is 2.32. The molecule has 0 aromatic heterocycles. The molecule has 0 saturated carbocycles. The van der Waals surface area contributed by atoms with Crippen LogP contribution in [0.3, 0.4) is 0 Å². The van der Waals surface area contributed by atoms with Gasteiger partial charge in [0.1, 0.15) is 0 Å². The number of unbranched alkanes of at least 4 members (excludes halogenated alkanes) is 1. The Balaban J connectivity index is 2.88. The average Bonchev–Trinajstić information content (AvgIpc) is 2.39. The Kier molecular flexibility index (Phi) is 5.75. The van der Waals surface area contributed by atoms with Gasteiger partial charge in [0, 0.05) is 6.42 Å². The molecule has 0 aliphatic carbocycles. The summed E-state index contributed by atoms with van der Waals surface area (Å²) in [6.07, 6.45) is 1.65. The second-order valence-electron chi connectivity index (χ2n) is 5.69. The summed E-state index contributed by atoms with van der Waals surface area (Å²) in [6.45, 7) is 10.4. The summed E-state index contributed by atoms with van der Waals surface area (Å²) in [6, 6.07) is 0. The predicted molar refractivity (Wildman–Crippen MR) is 81.2 cm³/mol. The van der Waals surface area contributed by atoms with E-state index in [1.54, 1.807) is 0 Å². The number of aliphatic hydroxyl groups is 1. The fourth-order valence-electron chi connectivity index (χ4n) is 2.79. The standard InChI is InChI=1S/C17H26O3/c1-10-11(2)13(4)17(14(5)12(10)3)15(18)8-6-7-9-16(19)20/h15,18H,6-9H2,1-5H3,(H,19,20). The number of carbonyl (C=O) groups is 1. The third-order valence-electron chi connectivity index (χ3n) is 4.51. The molecule has 1 aromatic rings. The van der Waals surface area contributed by atoms with Crippen LogP contribution in [0.2, 0.25) is 0 Å². The number of hydrogen-bond donors (Lipinski definition) is 2. The van der Waals surface area contributed by atoms with E-state index >= 15 is 0 Å². The molecule has 3 heteroatoms. The predicted octanol–water partition coefficient (Wildman–Crippen LogP) is 3.91. The summed E-state index contributed by atoms with van der Waals surface area (Å²) in [7, 11) is 0. The van der Waals surface area contributed by atoms with Gasteiger partial charge >= 0.3 is 5.97 Å². The normalized spacial score (nSPS) is 12.5. The highest BCUT2D eigenvalue weighted by Gasteiger charge is 2.18. The van der Waals surface area contributed by atoms with Crippen LogP contribution in [0.1, 0.15) is 65.2 Å². The Bertz CT molecular complexity index is 474. The van der Waals surface area contributed by atoms with Crippen LogP contribution >= 0.6 is 0 Å². The van der Waals surface area contributed by atoms with Crippen LogP contribution in [0, 0.1) is 34.6 Å². The molecule has 112 valence electrons. The maximum absolute atomic E-state index is 10.5. The highest BCUT2D eigenvalue weighted by molar-refractivity contribution is 5.66. The second-order valence-corrected chi connectivity index (χ2v) is 5.69. The van der Waals surface area contributed by atoms with Gasteiger partial charge in [-0.05, 0) is 87.3 Å². The molecule has 0 aliphatic rings. The molecule has 3 nitrogen and oxygen atoms in total.